The zero-order chi connectivity index (χ0) is 15.4. The van der Waals surface area contributed by atoms with Crippen LogP contribution in [0.25, 0.3) is 0 Å². The third kappa shape index (κ3) is 3.89. The van der Waals surface area contributed by atoms with E-state index < -0.39 is 0 Å². The lowest BCUT2D eigenvalue weighted by Gasteiger charge is -2.11. The lowest BCUT2D eigenvalue weighted by atomic mass is 10.1. The molecular weight excluding hydrogens is 288 g/mol. The Bertz CT molecular complexity index is 671. The molecule has 0 saturated heterocycles. The molecule has 110 valence electrons. The van der Waals surface area contributed by atoms with Crippen molar-refractivity contribution >= 4 is 28.9 Å². The average Bonchev–Trinajstić information content (AvgIpc) is 2.43. The number of hydrogen-bond donors (Lipinski definition) is 2. The molecule has 0 aliphatic rings. The van der Waals surface area contributed by atoms with Crippen LogP contribution in [0.3, 0.4) is 0 Å². The van der Waals surface area contributed by atoms with Crippen LogP contribution in [0.1, 0.15) is 11.1 Å². The monoisotopic (exact) mass is 304 g/mol. The summed E-state index contributed by atoms with van der Waals surface area (Å²) in [5, 5.41) is 3.25. The van der Waals surface area contributed by atoms with Crippen LogP contribution in [-0.2, 0) is 4.79 Å². The van der Waals surface area contributed by atoms with Gasteiger partial charge in [-0.1, -0.05) is 23.7 Å². The van der Waals surface area contributed by atoms with Crippen LogP contribution in [0.2, 0.25) is 5.02 Å². The Balaban J connectivity index is 1.97. The highest BCUT2D eigenvalue weighted by Gasteiger charge is 2.08. The van der Waals surface area contributed by atoms with E-state index in [0.717, 1.165) is 11.1 Å². The fourth-order valence-corrected chi connectivity index (χ4v) is 2.13. The van der Waals surface area contributed by atoms with Gasteiger partial charge in [0, 0.05) is 11.4 Å². The van der Waals surface area contributed by atoms with Gasteiger partial charge in [-0.2, -0.15) is 0 Å². The molecule has 3 N–H and O–H groups in total. The third-order valence-electron chi connectivity index (χ3n) is 3.10. The van der Waals surface area contributed by atoms with Crippen molar-refractivity contribution < 1.29 is 9.53 Å². The zero-order valence-electron chi connectivity index (χ0n) is 11.9. The fourth-order valence-electron chi connectivity index (χ4n) is 1.84. The van der Waals surface area contributed by atoms with Crippen molar-refractivity contribution in [3.63, 3.8) is 0 Å². The summed E-state index contributed by atoms with van der Waals surface area (Å²) in [4.78, 5) is 11.9. The quantitative estimate of drug-likeness (QED) is 0.849. The standard InChI is InChI=1S/C16H17ClN2O2/c1-10-6-7-15(12(17)8-10)21-9-16(20)19-14-5-3-4-13(18)11(14)2/h3-8H,9,18H2,1-2H3,(H,19,20). The molecule has 0 aliphatic carbocycles. The SMILES string of the molecule is Cc1ccc(OCC(=O)Nc2cccc(N)c2C)c(Cl)c1. The highest BCUT2D eigenvalue weighted by Crippen LogP contribution is 2.25. The number of nitrogens with one attached hydrogen (secondary N) is 1. The molecule has 0 unspecified atom stereocenters. The van der Waals surface area contributed by atoms with E-state index in [-0.39, 0.29) is 12.5 Å². The van der Waals surface area contributed by atoms with E-state index in [2.05, 4.69) is 5.32 Å². The number of carbonyl (C=O) groups is 1. The number of rotatable bonds is 4. The summed E-state index contributed by atoms with van der Waals surface area (Å²) in [6, 6.07) is 10.8. The van der Waals surface area contributed by atoms with Crippen LogP contribution < -0.4 is 15.8 Å². The minimum absolute atomic E-state index is 0.114. The number of ether oxygens (including phenoxy) is 1. The molecule has 2 rings (SSSR count). The first kappa shape index (κ1) is 15.2. The normalized spacial score (nSPS) is 10.2. The highest BCUT2D eigenvalue weighted by atomic mass is 35.5. The van der Waals surface area contributed by atoms with Gasteiger partial charge in [0.05, 0.1) is 5.02 Å². The van der Waals surface area contributed by atoms with Crippen LogP contribution >= 0.6 is 11.6 Å². The average molecular weight is 305 g/mol. The Kier molecular flexibility index (Phi) is 4.70. The molecular formula is C16H17ClN2O2. The van der Waals surface area contributed by atoms with Crippen molar-refractivity contribution in [3.05, 3.63) is 52.5 Å². The maximum Gasteiger partial charge on any atom is 0.262 e. The van der Waals surface area contributed by atoms with Crippen LogP contribution in [0.5, 0.6) is 5.75 Å². The number of aryl methyl sites for hydroxylation is 1. The van der Waals surface area contributed by atoms with Crippen molar-refractivity contribution in [2.45, 2.75) is 13.8 Å². The second kappa shape index (κ2) is 6.50. The molecule has 0 aromatic heterocycles. The van der Waals surface area contributed by atoms with Gasteiger partial charge in [-0.3, -0.25) is 4.79 Å². The second-order valence-corrected chi connectivity index (χ2v) is 5.20. The van der Waals surface area contributed by atoms with Gasteiger partial charge < -0.3 is 15.8 Å². The number of nitrogen functional groups attached to an aromatic ring is 1. The van der Waals surface area contributed by atoms with Crippen LogP contribution in [-0.4, -0.2) is 12.5 Å². The largest absolute Gasteiger partial charge is 0.482 e. The molecule has 4 nitrogen and oxygen atoms in total. The molecule has 0 spiro atoms. The van der Waals surface area contributed by atoms with E-state index in [0.29, 0.717) is 22.1 Å². The van der Waals surface area contributed by atoms with Gasteiger partial charge in [0.2, 0.25) is 0 Å². The lowest BCUT2D eigenvalue weighted by molar-refractivity contribution is -0.118. The van der Waals surface area contributed by atoms with E-state index in [4.69, 9.17) is 22.1 Å². The van der Waals surface area contributed by atoms with Crippen molar-refractivity contribution in [1.82, 2.24) is 0 Å². The number of nitrogens with two attached hydrogens (primary N) is 1. The Morgan fingerprint density at radius 1 is 1.29 bits per heavy atom. The molecule has 5 heteroatoms. The Hall–Kier alpha value is -2.20. The predicted molar refractivity (Wildman–Crippen MR) is 85.9 cm³/mol. The number of benzene rings is 2. The number of carbonyl (C=O) groups excluding carboxylic acids is 1. The van der Waals surface area contributed by atoms with Gasteiger partial charge >= 0.3 is 0 Å². The number of amides is 1. The molecule has 21 heavy (non-hydrogen) atoms. The molecule has 0 bridgehead atoms. The summed E-state index contributed by atoms with van der Waals surface area (Å²) in [5.41, 5.74) is 8.98. The smallest absolute Gasteiger partial charge is 0.262 e. The highest BCUT2D eigenvalue weighted by molar-refractivity contribution is 6.32. The summed E-state index contributed by atoms with van der Waals surface area (Å²) in [6.45, 7) is 3.67. The molecule has 2 aromatic carbocycles. The Labute approximate surface area is 128 Å². The van der Waals surface area contributed by atoms with Gasteiger partial charge in [-0.05, 0) is 49.2 Å². The molecule has 0 heterocycles. The van der Waals surface area contributed by atoms with Crippen molar-refractivity contribution in [2.24, 2.45) is 0 Å². The number of anilines is 2. The summed E-state index contributed by atoms with van der Waals surface area (Å²) in [5.74, 6) is 0.224. The van der Waals surface area contributed by atoms with Crippen molar-refractivity contribution in [1.29, 1.82) is 0 Å². The lowest BCUT2D eigenvalue weighted by Crippen LogP contribution is -2.21. The van der Waals surface area contributed by atoms with E-state index >= 15 is 0 Å². The molecule has 0 aliphatic heterocycles. The van der Waals surface area contributed by atoms with Crippen LogP contribution in [0, 0.1) is 13.8 Å². The molecule has 2 aromatic rings. The van der Waals surface area contributed by atoms with Crippen LogP contribution in [0.15, 0.2) is 36.4 Å². The first-order chi connectivity index (χ1) is 9.97. The van der Waals surface area contributed by atoms with E-state index in [1.807, 2.05) is 19.9 Å². The molecule has 0 fully saturated rings. The fraction of sp³-hybridized carbons (Fsp3) is 0.188. The maximum absolute atomic E-state index is 11.9. The third-order valence-corrected chi connectivity index (χ3v) is 3.39. The van der Waals surface area contributed by atoms with Gasteiger partial charge in [0.1, 0.15) is 5.75 Å². The minimum atomic E-state index is -0.264. The minimum Gasteiger partial charge on any atom is -0.482 e. The Morgan fingerprint density at radius 3 is 2.76 bits per heavy atom. The molecule has 0 atom stereocenters. The van der Waals surface area contributed by atoms with Gasteiger partial charge in [0.15, 0.2) is 6.61 Å². The van der Waals surface area contributed by atoms with E-state index in [9.17, 15) is 4.79 Å². The van der Waals surface area contributed by atoms with E-state index in [1.54, 1.807) is 30.3 Å². The van der Waals surface area contributed by atoms with Gasteiger partial charge in [-0.15, -0.1) is 0 Å². The van der Waals surface area contributed by atoms with Gasteiger partial charge in [0.25, 0.3) is 5.91 Å². The number of hydrogen-bond acceptors (Lipinski definition) is 3. The van der Waals surface area contributed by atoms with Crippen molar-refractivity contribution in [2.75, 3.05) is 17.7 Å². The molecule has 0 radical (unpaired) electrons. The molecule has 1 amide bonds. The number of halogens is 1. The van der Waals surface area contributed by atoms with Crippen molar-refractivity contribution in [3.8, 4) is 5.75 Å². The summed E-state index contributed by atoms with van der Waals surface area (Å²) < 4.78 is 5.42. The predicted octanol–water partition coefficient (Wildman–Crippen LogP) is 3.56. The second-order valence-electron chi connectivity index (χ2n) is 4.79. The summed E-state index contributed by atoms with van der Waals surface area (Å²) >= 11 is 6.05. The zero-order valence-corrected chi connectivity index (χ0v) is 12.7. The first-order valence-corrected chi connectivity index (χ1v) is 6.89. The Morgan fingerprint density at radius 2 is 2.05 bits per heavy atom. The van der Waals surface area contributed by atoms with E-state index in [1.165, 1.54) is 0 Å². The first-order valence-electron chi connectivity index (χ1n) is 6.51. The molecule has 0 saturated carbocycles. The maximum atomic E-state index is 11.9. The summed E-state index contributed by atoms with van der Waals surface area (Å²) in [7, 11) is 0. The van der Waals surface area contributed by atoms with Crippen LogP contribution in [0.4, 0.5) is 11.4 Å². The topological polar surface area (TPSA) is 64.3 Å². The van der Waals surface area contributed by atoms with Gasteiger partial charge in [-0.25, -0.2) is 0 Å². The summed E-state index contributed by atoms with van der Waals surface area (Å²) in [6.07, 6.45) is 0.